The Labute approximate surface area is 171 Å². The van der Waals surface area contributed by atoms with Crippen molar-refractivity contribution in [3.8, 4) is 5.75 Å². The van der Waals surface area contributed by atoms with Crippen LogP contribution in [0, 0.1) is 6.92 Å². The second kappa shape index (κ2) is 7.67. The number of hydrogen-bond donors (Lipinski definition) is 1. The van der Waals surface area contributed by atoms with Crippen LogP contribution < -0.4 is 15.6 Å². The Bertz CT molecular complexity index is 1280. The summed E-state index contributed by atoms with van der Waals surface area (Å²) in [6, 6.07) is 14.6. The molecular weight excluding hydrogens is 386 g/mol. The van der Waals surface area contributed by atoms with Crippen LogP contribution in [-0.2, 0) is 11.3 Å². The minimum atomic E-state index is -0.737. The maximum absolute atomic E-state index is 13.2. The second-order valence-electron chi connectivity index (χ2n) is 6.84. The second-order valence-corrected chi connectivity index (χ2v) is 7.90. The maximum Gasteiger partial charge on any atom is 0.276 e. The maximum atomic E-state index is 13.2. The average Bonchev–Trinajstić information content (AvgIpc) is 3.14. The molecule has 1 amide bonds. The highest BCUT2D eigenvalue weighted by molar-refractivity contribution is 7.26. The van der Waals surface area contributed by atoms with E-state index in [1.54, 1.807) is 25.4 Å². The lowest BCUT2D eigenvalue weighted by Crippen LogP contribution is -2.37. The summed E-state index contributed by atoms with van der Waals surface area (Å²) in [4.78, 5) is 26.0. The van der Waals surface area contributed by atoms with Gasteiger partial charge in [-0.15, -0.1) is 11.3 Å². The molecule has 0 unspecified atom stereocenters. The van der Waals surface area contributed by atoms with Crippen LogP contribution in [0.5, 0.6) is 5.75 Å². The molecule has 0 radical (unpaired) electrons. The number of amides is 1. The quantitative estimate of drug-likeness (QED) is 0.546. The number of methoxy groups -OCH3 is 1. The molecule has 0 aliphatic heterocycles. The Kier molecular flexibility index (Phi) is 5.07. The van der Waals surface area contributed by atoms with E-state index in [1.807, 2.05) is 55.5 Å². The molecule has 7 heteroatoms. The molecule has 1 N–H and O–H groups in total. The Balaban J connectivity index is 1.67. The molecule has 2 aromatic carbocycles. The largest absolute Gasteiger partial charge is 0.496 e. The monoisotopic (exact) mass is 407 g/mol. The van der Waals surface area contributed by atoms with Gasteiger partial charge in [-0.2, -0.15) is 5.10 Å². The van der Waals surface area contributed by atoms with E-state index < -0.39 is 6.04 Å². The molecule has 6 nitrogen and oxygen atoms in total. The lowest BCUT2D eigenvalue weighted by Gasteiger charge is -2.16. The summed E-state index contributed by atoms with van der Waals surface area (Å²) in [6.07, 6.45) is 0. The fourth-order valence-corrected chi connectivity index (χ4v) is 4.57. The van der Waals surface area contributed by atoms with Gasteiger partial charge in [-0.1, -0.05) is 36.4 Å². The third-order valence-corrected chi connectivity index (χ3v) is 6.28. The van der Waals surface area contributed by atoms with Crippen molar-refractivity contribution in [1.82, 2.24) is 15.1 Å². The van der Waals surface area contributed by atoms with E-state index in [0.29, 0.717) is 17.7 Å². The summed E-state index contributed by atoms with van der Waals surface area (Å²) in [7, 11) is 1.59. The number of aromatic nitrogens is 2. The van der Waals surface area contributed by atoms with E-state index in [2.05, 4.69) is 10.4 Å². The number of benzene rings is 2. The van der Waals surface area contributed by atoms with Crippen molar-refractivity contribution < 1.29 is 9.53 Å². The molecule has 0 saturated carbocycles. The van der Waals surface area contributed by atoms with Crippen LogP contribution in [-0.4, -0.2) is 22.8 Å². The molecule has 2 aromatic heterocycles. The molecule has 1 atom stereocenters. The predicted molar refractivity (Wildman–Crippen MR) is 116 cm³/mol. The topological polar surface area (TPSA) is 73.2 Å². The van der Waals surface area contributed by atoms with Gasteiger partial charge in [0.25, 0.3) is 5.56 Å². The van der Waals surface area contributed by atoms with Gasteiger partial charge in [-0.05, 0) is 26.0 Å². The lowest BCUT2D eigenvalue weighted by atomic mass is 10.2. The van der Waals surface area contributed by atoms with E-state index in [1.165, 1.54) is 4.68 Å². The molecule has 4 rings (SSSR count). The highest BCUT2D eigenvalue weighted by Gasteiger charge is 2.22. The number of carbonyl (C=O) groups is 1. The number of hydrogen-bond acceptors (Lipinski definition) is 5. The highest BCUT2D eigenvalue weighted by Crippen LogP contribution is 2.32. The number of rotatable bonds is 5. The molecule has 2 heterocycles. The van der Waals surface area contributed by atoms with Crippen molar-refractivity contribution in [3.05, 3.63) is 70.1 Å². The standard InChI is InChI=1S/C22H21N3O3S/c1-13-20-19(16-9-5-7-11-18(16)29-20)22(27)25(24-13)14(2)21(26)23-12-15-8-4-6-10-17(15)28-3/h4-11,14H,12H2,1-3H3,(H,23,26)/t14-/m1/s1. The van der Waals surface area contributed by atoms with Crippen molar-refractivity contribution in [2.45, 2.75) is 26.4 Å². The molecule has 0 aliphatic rings. The van der Waals surface area contributed by atoms with Gasteiger partial charge in [0.15, 0.2) is 0 Å². The number of para-hydroxylation sites is 1. The summed E-state index contributed by atoms with van der Waals surface area (Å²) in [5.74, 6) is 0.432. The first kappa shape index (κ1) is 19.1. The normalized spacial score (nSPS) is 12.2. The summed E-state index contributed by atoms with van der Waals surface area (Å²) >= 11 is 1.55. The number of aryl methyl sites for hydroxylation is 1. The van der Waals surface area contributed by atoms with Crippen LogP contribution in [0.4, 0.5) is 0 Å². The Morgan fingerprint density at radius 2 is 1.93 bits per heavy atom. The minimum absolute atomic E-state index is 0.247. The zero-order chi connectivity index (χ0) is 20.5. The third kappa shape index (κ3) is 3.38. The Morgan fingerprint density at radius 1 is 1.21 bits per heavy atom. The van der Waals surface area contributed by atoms with Gasteiger partial charge in [0.1, 0.15) is 11.8 Å². The van der Waals surface area contributed by atoms with Gasteiger partial charge >= 0.3 is 0 Å². The van der Waals surface area contributed by atoms with E-state index in [9.17, 15) is 9.59 Å². The molecule has 0 aliphatic carbocycles. The first-order valence-electron chi connectivity index (χ1n) is 9.31. The number of nitrogens with zero attached hydrogens (tertiary/aromatic N) is 2. The zero-order valence-corrected chi connectivity index (χ0v) is 17.2. The van der Waals surface area contributed by atoms with Crippen molar-refractivity contribution >= 4 is 37.4 Å². The van der Waals surface area contributed by atoms with Crippen LogP contribution in [0.3, 0.4) is 0 Å². The van der Waals surface area contributed by atoms with Gasteiger partial charge in [0.05, 0.1) is 22.9 Å². The summed E-state index contributed by atoms with van der Waals surface area (Å²) in [6.45, 7) is 3.86. The fraction of sp³-hybridized carbons (Fsp3) is 0.227. The lowest BCUT2D eigenvalue weighted by molar-refractivity contribution is -0.124. The first-order chi connectivity index (χ1) is 14.0. The number of nitrogens with one attached hydrogen (secondary N) is 1. The molecule has 29 heavy (non-hydrogen) atoms. The minimum Gasteiger partial charge on any atom is -0.496 e. The van der Waals surface area contributed by atoms with Gasteiger partial charge in [0, 0.05) is 22.2 Å². The van der Waals surface area contributed by atoms with Crippen LogP contribution in [0.1, 0.15) is 24.2 Å². The molecule has 4 aromatic rings. The van der Waals surface area contributed by atoms with Crippen molar-refractivity contribution in [1.29, 1.82) is 0 Å². The fourth-order valence-electron chi connectivity index (χ4n) is 3.43. The van der Waals surface area contributed by atoms with Crippen LogP contribution in [0.15, 0.2) is 53.3 Å². The average molecular weight is 407 g/mol. The highest BCUT2D eigenvalue weighted by atomic mass is 32.1. The van der Waals surface area contributed by atoms with Crippen LogP contribution >= 0.6 is 11.3 Å². The summed E-state index contributed by atoms with van der Waals surface area (Å²) < 4.78 is 8.51. The summed E-state index contributed by atoms with van der Waals surface area (Å²) in [5.41, 5.74) is 1.36. The van der Waals surface area contributed by atoms with Gasteiger partial charge in [-0.25, -0.2) is 4.68 Å². The van der Waals surface area contributed by atoms with E-state index in [-0.39, 0.29) is 11.5 Å². The van der Waals surface area contributed by atoms with Crippen molar-refractivity contribution in [2.75, 3.05) is 7.11 Å². The zero-order valence-electron chi connectivity index (χ0n) is 16.4. The Morgan fingerprint density at radius 3 is 2.72 bits per heavy atom. The van der Waals surface area contributed by atoms with Crippen molar-refractivity contribution in [3.63, 3.8) is 0 Å². The SMILES string of the molecule is COc1ccccc1CNC(=O)[C@@H](C)n1nc(C)c2sc3ccccc3c2c1=O. The third-order valence-electron chi connectivity index (χ3n) is 5.00. The molecule has 148 valence electrons. The molecular formula is C22H21N3O3S. The van der Waals surface area contributed by atoms with Gasteiger partial charge < -0.3 is 10.1 Å². The Hall–Kier alpha value is -3.19. The number of carbonyl (C=O) groups excluding carboxylic acids is 1. The molecule has 0 fully saturated rings. The van der Waals surface area contributed by atoms with Crippen molar-refractivity contribution in [2.24, 2.45) is 0 Å². The van der Waals surface area contributed by atoms with E-state index in [4.69, 9.17) is 4.74 Å². The van der Waals surface area contributed by atoms with Gasteiger partial charge in [0.2, 0.25) is 5.91 Å². The summed E-state index contributed by atoms with van der Waals surface area (Å²) in [5, 5.41) is 8.85. The molecule has 0 bridgehead atoms. The van der Waals surface area contributed by atoms with E-state index >= 15 is 0 Å². The number of fused-ring (bicyclic) bond motifs is 3. The predicted octanol–water partition coefficient (Wildman–Crippen LogP) is 3.81. The number of ether oxygens (including phenoxy) is 1. The smallest absolute Gasteiger partial charge is 0.276 e. The number of thiophene rings is 1. The van der Waals surface area contributed by atoms with E-state index in [0.717, 1.165) is 26.0 Å². The molecule has 0 spiro atoms. The van der Waals surface area contributed by atoms with Crippen LogP contribution in [0.2, 0.25) is 0 Å². The molecule has 0 saturated heterocycles. The van der Waals surface area contributed by atoms with Gasteiger partial charge in [-0.3, -0.25) is 9.59 Å². The van der Waals surface area contributed by atoms with Crippen LogP contribution in [0.25, 0.3) is 20.2 Å². The first-order valence-corrected chi connectivity index (χ1v) is 10.1.